The summed E-state index contributed by atoms with van der Waals surface area (Å²) in [6.07, 6.45) is 4.34. The normalized spacial score (nSPS) is 17.7. The first kappa shape index (κ1) is 14.4. The van der Waals surface area contributed by atoms with E-state index in [2.05, 4.69) is 10.3 Å². The number of hydrogen-bond donors (Lipinski definition) is 1. The number of pyridine rings is 1. The first-order chi connectivity index (χ1) is 11.3. The van der Waals surface area contributed by atoms with E-state index in [9.17, 15) is 4.79 Å². The maximum absolute atomic E-state index is 12.4. The molecule has 3 aromatic heterocycles. The number of aromatic nitrogens is 2. The number of hydrogen-bond acceptors (Lipinski definition) is 4. The van der Waals surface area contributed by atoms with E-state index < -0.39 is 0 Å². The van der Waals surface area contributed by atoms with Gasteiger partial charge >= 0.3 is 0 Å². The van der Waals surface area contributed by atoms with Crippen LogP contribution in [-0.4, -0.2) is 28.0 Å². The third-order valence-electron chi connectivity index (χ3n) is 3.98. The lowest BCUT2D eigenvalue weighted by atomic mass is 10.2. The van der Waals surface area contributed by atoms with Gasteiger partial charge in [0.25, 0.3) is 0 Å². The standard InChI is InChI=1S/C17H17N3O2S/c21-15(11-12-5-3-9-22-12)19-17-16(13-6-4-10-23-13)18-14-7-1-2-8-20(14)17/h1-2,4,6-8,10,12H,3,5,9,11H2,(H,19,21)/t12-/m1/s1. The molecule has 1 aliphatic heterocycles. The Kier molecular flexibility index (Phi) is 3.85. The van der Waals surface area contributed by atoms with Crippen LogP contribution in [0.3, 0.4) is 0 Å². The summed E-state index contributed by atoms with van der Waals surface area (Å²) in [7, 11) is 0. The maximum Gasteiger partial charge on any atom is 0.228 e. The smallest absolute Gasteiger partial charge is 0.228 e. The van der Waals surface area contributed by atoms with Gasteiger partial charge in [0.15, 0.2) is 0 Å². The van der Waals surface area contributed by atoms with Crippen LogP contribution in [-0.2, 0) is 9.53 Å². The van der Waals surface area contributed by atoms with Gasteiger partial charge in [-0.15, -0.1) is 11.3 Å². The predicted octanol–water partition coefficient (Wildman–Crippen LogP) is 3.57. The van der Waals surface area contributed by atoms with Gasteiger partial charge in [-0.1, -0.05) is 12.1 Å². The predicted molar refractivity (Wildman–Crippen MR) is 90.7 cm³/mol. The Morgan fingerprint density at radius 1 is 1.39 bits per heavy atom. The fraction of sp³-hybridized carbons (Fsp3) is 0.294. The summed E-state index contributed by atoms with van der Waals surface area (Å²) in [6, 6.07) is 9.82. The van der Waals surface area contributed by atoms with Gasteiger partial charge in [0.1, 0.15) is 17.2 Å². The van der Waals surface area contributed by atoms with Crippen molar-refractivity contribution in [2.75, 3.05) is 11.9 Å². The van der Waals surface area contributed by atoms with Crippen molar-refractivity contribution in [3.63, 3.8) is 0 Å². The highest BCUT2D eigenvalue weighted by Crippen LogP contribution is 2.32. The van der Waals surface area contributed by atoms with Crippen LogP contribution in [0.15, 0.2) is 41.9 Å². The first-order valence-corrected chi connectivity index (χ1v) is 8.61. The Morgan fingerprint density at radius 2 is 2.35 bits per heavy atom. The number of fused-ring (bicyclic) bond motifs is 1. The molecule has 0 radical (unpaired) electrons. The molecule has 3 aromatic rings. The lowest BCUT2D eigenvalue weighted by Gasteiger charge is -2.10. The minimum absolute atomic E-state index is 0.0274. The van der Waals surface area contributed by atoms with Crippen LogP contribution in [0.1, 0.15) is 19.3 Å². The number of imidazole rings is 1. The van der Waals surface area contributed by atoms with Crippen LogP contribution in [0.25, 0.3) is 16.2 Å². The molecule has 23 heavy (non-hydrogen) atoms. The SMILES string of the molecule is O=C(C[C@H]1CCCO1)Nc1c(-c2cccs2)nc2ccccn12. The largest absolute Gasteiger partial charge is 0.378 e. The molecule has 0 unspecified atom stereocenters. The second kappa shape index (κ2) is 6.14. The van der Waals surface area contributed by atoms with Gasteiger partial charge in [-0.25, -0.2) is 4.98 Å². The van der Waals surface area contributed by atoms with Crippen molar-refractivity contribution in [1.29, 1.82) is 0 Å². The van der Waals surface area contributed by atoms with Crippen molar-refractivity contribution in [2.45, 2.75) is 25.4 Å². The molecule has 0 saturated carbocycles. The second-order valence-corrected chi connectivity index (χ2v) is 6.55. The molecule has 0 bridgehead atoms. The maximum atomic E-state index is 12.4. The Hall–Kier alpha value is -2.18. The molecule has 1 saturated heterocycles. The zero-order chi connectivity index (χ0) is 15.6. The molecular weight excluding hydrogens is 310 g/mol. The van der Waals surface area contributed by atoms with E-state index in [1.165, 1.54) is 0 Å². The summed E-state index contributed by atoms with van der Waals surface area (Å²) in [5.41, 5.74) is 1.63. The molecule has 1 amide bonds. The van der Waals surface area contributed by atoms with Gasteiger partial charge in [-0.3, -0.25) is 9.20 Å². The Balaban J connectivity index is 1.67. The first-order valence-electron chi connectivity index (χ1n) is 7.74. The van der Waals surface area contributed by atoms with Crippen molar-refractivity contribution in [2.24, 2.45) is 0 Å². The topological polar surface area (TPSA) is 55.6 Å². The third-order valence-corrected chi connectivity index (χ3v) is 4.86. The third kappa shape index (κ3) is 2.87. The number of nitrogens with zero attached hydrogens (tertiary/aromatic N) is 2. The van der Waals surface area contributed by atoms with Crippen LogP contribution in [0, 0.1) is 0 Å². The fourth-order valence-electron chi connectivity index (χ4n) is 2.90. The molecule has 0 aromatic carbocycles. The summed E-state index contributed by atoms with van der Waals surface area (Å²) < 4.78 is 7.47. The van der Waals surface area contributed by atoms with E-state index >= 15 is 0 Å². The molecule has 0 aliphatic carbocycles. The lowest BCUT2D eigenvalue weighted by Crippen LogP contribution is -2.20. The van der Waals surface area contributed by atoms with E-state index in [1.54, 1.807) is 11.3 Å². The number of carbonyl (C=O) groups excluding carboxylic acids is 1. The minimum Gasteiger partial charge on any atom is -0.378 e. The molecular formula is C17H17N3O2S. The van der Waals surface area contributed by atoms with Crippen LogP contribution in [0.4, 0.5) is 5.82 Å². The Morgan fingerprint density at radius 3 is 3.13 bits per heavy atom. The number of amides is 1. The molecule has 4 heterocycles. The van der Waals surface area contributed by atoms with Gasteiger partial charge in [-0.05, 0) is 36.4 Å². The molecule has 4 rings (SSSR count). The van der Waals surface area contributed by atoms with Crippen molar-refractivity contribution in [1.82, 2.24) is 9.38 Å². The van der Waals surface area contributed by atoms with Gasteiger partial charge < -0.3 is 10.1 Å². The van der Waals surface area contributed by atoms with Gasteiger partial charge in [0.05, 0.1) is 17.4 Å². The Labute approximate surface area is 137 Å². The zero-order valence-corrected chi connectivity index (χ0v) is 13.4. The Bertz CT molecular complexity index is 820. The summed E-state index contributed by atoms with van der Waals surface area (Å²) in [5, 5.41) is 5.05. The molecule has 6 heteroatoms. The van der Waals surface area contributed by atoms with Crippen LogP contribution in [0.5, 0.6) is 0 Å². The molecule has 5 nitrogen and oxygen atoms in total. The van der Waals surface area contributed by atoms with Crippen LogP contribution < -0.4 is 5.32 Å². The van der Waals surface area contributed by atoms with Crippen LogP contribution in [0.2, 0.25) is 0 Å². The summed E-state index contributed by atoms with van der Waals surface area (Å²) >= 11 is 1.61. The van der Waals surface area contributed by atoms with Gasteiger partial charge in [-0.2, -0.15) is 0 Å². The monoisotopic (exact) mass is 327 g/mol. The molecule has 118 valence electrons. The number of rotatable bonds is 4. The van der Waals surface area contributed by atoms with Crippen molar-refractivity contribution < 1.29 is 9.53 Å². The summed E-state index contributed by atoms with van der Waals surface area (Å²) in [5.74, 6) is 0.700. The number of anilines is 1. The van der Waals surface area contributed by atoms with Crippen LogP contribution >= 0.6 is 11.3 Å². The van der Waals surface area contributed by atoms with E-state index in [0.29, 0.717) is 6.42 Å². The number of nitrogens with one attached hydrogen (secondary N) is 1. The second-order valence-electron chi connectivity index (χ2n) is 5.60. The minimum atomic E-state index is -0.0274. The van der Waals surface area contributed by atoms with E-state index in [1.807, 2.05) is 46.3 Å². The molecule has 1 atom stereocenters. The van der Waals surface area contributed by atoms with Crippen molar-refractivity contribution in [3.05, 3.63) is 41.9 Å². The zero-order valence-electron chi connectivity index (χ0n) is 12.6. The van der Waals surface area contributed by atoms with Gasteiger partial charge in [0.2, 0.25) is 5.91 Å². The average molecular weight is 327 g/mol. The van der Waals surface area contributed by atoms with Crippen molar-refractivity contribution in [3.8, 4) is 10.6 Å². The molecule has 1 aliphatic rings. The fourth-order valence-corrected chi connectivity index (χ4v) is 3.61. The average Bonchev–Trinajstić information content (AvgIpc) is 3.28. The number of carbonyl (C=O) groups is 1. The molecule has 1 N–H and O–H groups in total. The van der Waals surface area contributed by atoms with E-state index in [0.717, 1.165) is 41.5 Å². The van der Waals surface area contributed by atoms with Gasteiger partial charge in [0, 0.05) is 12.8 Å². The van der Waals surface area contributed by atoms with E-state index in [4.69, 9.17) is 4.74 Å². The quantitative estimate of drug-likeness (QED) is 0.797. The highest BCUT2D eigenvalue weighted by atomic mass is 32.1. The van der Waals surface area contributed by atoms with Crippen molar-refractivity contribution >= 4 is 28.7 Å². The number of ether oxygens (including phenoxy) is 1. The highest BCUT2D eigenvalue weighted by molar-refractivity contribution is 7.13. The molecule has 1 fully saturated rings. The summed E-state index contributed by atoms with van der Waals surface area (Å²) in [4.78, 5) is 18.1. The lowest BCUT2D eigenvalue weighted by molar-refractivity contribution is -0.118. The van der Waals surface area contributed by atoms with E-state index in [-0.39, 0.29) is 12.0 Å². The number of thiophene rings is 1. The molecule has 0 spiro atoms. The summed E-state index contributed by atoms with van der Waals surface area (Å²) in [6.45, 7) is 0.758. The highest BCUT2D eigenvalue weighted by Gasteiger charge is 2.22.